The van der Waals surface area contributed by atoms with Crippen LogP contribution in [0.5, 0.6) is 5.75 Å². The van der Waals surface area contributed by atoms with Crippen LogP contribution < -0.4 is 10.1 Å². The summed E-state index contributed by atoms with van der Waals surface area (Å²) in [5, 5.41) is 11.6. The third-order valence-electron chi connectivity index (χ3n) is 3.90. The highest BCUT2D eigenvalue weighted by Gasteiger charge is 2.22. The maximum absolute atomic E-state index is 12.7. The molecule has 0 aliphatic carbocycles. The molecule has 1 amide bonds. The molecular weight excluding hydrogens is 318 g/mol. The number of carboxylic acid groups (broad SMARTS) is 1. The van der Waals surface area contributed by atoms with Gasteiger partial charge in [-0.1, -0.05) is 50.2 Å². The Morgan fingerprint density at radius 1 is 1.08 bits per heavy atom. The minimum Gasteiger partial charge on any atom is -0.482 e. The molecule has 0 aromatic heterocycles. The standard InChI is InChI=1S/C20H23NO4/c1-14(2)18(11-15-7-4-3-5-8-15)20(24)21-16-9-6-10-17(12-16)25-13-19(22)23/h3-10,12,14,18H,11,13H2,1-2H3,(H,21,24)(H,22,23). The van der Waals surface area contributed by atoms with Crippen molar-refractivity contribution in [2.24, 2.45) is 11.8 Å². The Bertz CT molecular complexity index is 713. The summed E-state index contributed by atoms with van der Waals surface area (Å²) in [5.41, 5.74) is 1.71. The van der Waals surface area contributed by atoms with E-state index < -0.39 is 12.6 Å². The number of carbonyl (C=O) groups excluding carboxylic acids is 1. The summed E-state index contributed by atoms with van der Waals surface area (Å²) >= 11 is 0. The monoisotopic (exact) mass is 341 g/mol. The van der Waals surface area contributed by atoms with Crippen LogP contribution in [0, 0.1) is 11.8 Å². The number of amides is 1. The van der Waals surface area contributed by atoms with E-state index in [0.717, 1.165) is 5.56 Å². The van der Waals surface area contributed by atoms with Gasteiger partial charge in [0.25, 0.3) is 0 Å². The van der Waals surface area contributed by atoms with Gasteiger partial charge in [0.05, 0.1) is 0 Å². The summed E-state index contributed by atoms with van der Waals surface area (Å²) in [6, 6.07) is 16.7. The van der Waals surface area contributed by atoms with E-state index in [1.807, 2.05) is 44.2 Å². The number of benzene rings is 2. The minimum absolute atomic E-state index is 0.0609. The summed E-state index contributed by atoms with van der Waals surface area (Å²) in [7, 11) is 0. The van der Waals surface area contributed by atoms with Crippen molar-refractivity contribution >= 4 is 17.6 Å². The van der Waals surface area contributed by atoms with E-state index in [1.54, 1.807) is 24.3 Å². The number of nitrogens with one attached hydrogen (secondary N) is 1. The molecule has 0 fully saturated rings. The predicted molar refractivity (Wildman–Crippen MR) is 96.7 cm³/mol. The average Bonchev–Trinajstić information content (AvgIpc) is 2.58. The Kier molecular flexibility index (Phi) is 6.57. The fourth-order valence-electron chi connectivity index (χ4n) is 2.54. The molecule has 0 aliphatic heterocycles. The van der Waals surface area contributed by atoms with Crippen LogP contribution in [-0.2, 0) is 16.0 Å². The van der Waals surface area contributed by atoms with Crippen molar-refractivity contribution in [3.8, 4) is 5.75 Å². The zero-order chi connectivity index (χ0) is 18.2. The highest BCUT2D eigenvalue weighted by Crippen LogP contribution is 2.22. The van der Waals surface area contributed by atoms with Crippen LogP contribution in [0.4, 0.5) is 5.69 Å². The second kappa shape index (κ2) is 8.87. The lowest BCUT2D eigenvalue weighted by molar-refractivity contribution is -0.139. The molecule has 132 valence electrons. The third-order valence-corrected chi connectivity index (χ3v) is 3.90. The Labute approximate surface area is 147 Å². The highest BCUT2D eigenvalue weighted by atomic mass is 16.5. The van der Waals surface area contributed by atoms with E-state index in [1.165, 1.54) is 0 Å². The minimum atomic E-state index is -1.04. The smallest absolute Gasteiger partial charge is 0.341 e. The van der Waals surface area contributed by atoms with Crippen LogP contribution in [0.3, 0.4) is 0 Å². The van der Waals surface area contributed by atoms with Gasteiger partial charge in [-0.25, -0.2) is 4.79 Å². The average molecular weight is 341 g/mol. The number of hydrogen-bond donors (Lipinski definition) is 2. The van der Waals surface area contributed by atoms with E-state index in [2.05, 4.69) is 5.32 Å². The van der Waals surface area contributed by atoms with E-state index in [-0.39, 0.29) is 17.7 Å². The topological polar surface area (TPSA) is 75.6 Å². The number of ether oxygens (including phenoxy) is 1. The summed E-state index contributed by atoms with van der Waals surface area (Å²) in [5.74, 6) is -0.673. The van der Waals surface area contributed by atoms with E-state index in [9.17, 15) is 9.59 Å². The number of hydrogen-bond acceptors (Lipinski definition) is 3. The molecule has 0 spiro atoms. The molecule has 0 saturated heterocycles. The fourth-order valence-corrected chi connectivity index (χ4v) is 2.54. The van der Waals surface area contributed by atoms with Crippen LogP contribution >= 0.6 is 0 Å². The second-order valence-corrected chi connectivity index (χ2v) is 6.24. The van der Waals surface area contributed by atoms with Crippen LogP contribution in [0.2, 0.25) is 0 Å². The van der Waals surface area contributed by atoms with Gasteiger partial charge in [0.2, 0.25) is 5.91 Å². The molecule has 2 N–H and O–H groups in total. The number of carboxylic acids is 1. The van der Waals surface area contributed by atoms with Gasteiger partial charge in [-0.05, 0) is 30.0 Å². The molecule has 5 heteroatoms. The van der Waals surface area contributed by atoms with Gasteiger partial charge in [0.1, 0.15) is 5.75 Å². The van der Waals surface area contributed by atoms with Crippen molar-refractivity contribution in [2.45, 2.75) is 20.3 Å². The summed E-state index contributed by atoms with van der Waals surface area (Å²) < 4.78 is 5.14. The molecule has 25 heavy (non-hydrogen) atoms. The first kappa shape index (κ1) is 18.5. The molecule has 0 radical (unpaired) electrons. The SMILES string of the molecule is CC(C)C(Cc1ccccc1)C(=O)Nc1cccc(OCC(=O)O)c1. The molecule has 2 rings (SSSR count). The molecule has 0 bridgehead atoms. The van der Waals surface area contributed by atoms with Gasteiger partial charge >= 0.3 is 5.97 Å². The Morgan fingerprint density at radius 3 is 2.44 bits per heavy atom. The van der Waals surface area contributed by atoms with Crippen molar-refractivity contribution < 1.29 is 19.4 Å². The molecule has 1 atom stereocenters. The highest BCUT2D eigenvalue weighted by molar-refractivity contribution is 5.93. The Balaban J connectivity index is 2.05. The lowest BCUT2D eigenvalue weighted by atomic mass is 9.88. The fraction of sp³-hybridized carbons (Fsp3) is 0.300. The van der Waals surface area contributed by atoms with Gasteiger partial charge in [-0.3, -0.25) is 4.79 Å². The normalized spacial score (nSPS) is 11.8. The number of aliphatic carboxylic acids is 1. The largest absolute Gasteiger partial charge is 0.482 e. The first-order valence-corrected chi connectivity index (χ1v) is 8.25. The molecular formula is C20H23NO4. The zero-order valence-corrected chi connectivity index (χ0v) is 14.4. The van der Waals surface area contributed by atoms with E-state index in [4.69, 9.17) is 9.84 Å². The lowest BCUT2D eigenvalue weighted by Gasteiger charge is -2.20. The van der Waals surface area contributed by atoms with E-state index in [0.29, 0.717) is 17.9 Å². The molecule has 2 aromatic rings. The van der Waals surface area contributed by atoms with Crippen molar-refractivity contribution in [3.63, 3.8) is 0 Å². The molecule has 5 nitrogen and oxygen atoms in total. The Morgan fingerprint density at radius 2 is 1.80 bits per heavy atom. The predicted octanol–water partition coefficient (Wildman–Crippen LogP) is 3.60. The van der Waals surface area contributed by atoms with Crippen LogP contribution in [0.1, 0.15) is 19.4 Å². The Hall–Kier alpha value is -2.82. The number of anilines is 1. The molecule has 0 aliphatic rings. The summed E-state index contributed by atoms with van der Waals surface area (Å²) in [4.78, 5) is 23.3. The first-order chi connectivity index (χ1) is 12.0. The first-order valence-electron chi connectivity index (χ1n) is 8.25. The third kappa shape index (κ3) is 5.95. The van der Waals surface area contributed by atoms with Crippen molar-refractivity contribution in [2.75, 3.05) is 11.9 Å². The van der Waals surface area contributed by atoms with Gasteiger partial charge in [0.15, 0.2) is 6.61 Å². The molecule has 2 aromatic carbocycles. The van der Waals surface area contributed by atoms with Gasteiger partial charge in [0, 0.05) is 17.7 Å². The quantitative estimate of drug-likeness (QED) is 0.769. The number of rotatable bonds is 8. The van der Waals surface area contributed by atoms with Gasteiger partial charge in [-0.2, -0.15) is 0 Å². The number of carbonyl (C=O) groups is 2. The second-order valence-electron chi connectivity index (χ2n) is 6.24. The van der Waals surface area contributed by atoms with Crippen molar-refractivity contribution in [1.82, 2.24) is 0 Å². The van der Waals surface area contributed by atoms with Gasteiger partial charge in [-0.15, -0.1) is 0 Å². The van der Waals surface area contributed by atoms with Crippen LogP contribution in [-0.4, -0.2) is 23.6 Å². The summed E-state index contributed by atoms with van der Waals surface area (Å²) in [6.07, 6.45) is 0.666. The molecule has 0 heterocycles. The summed E-state index contributed by atoms with van der Waals surface area (Å²) in [6.45, 7) is 3.64. The zero-order valence-electron chi connectivity index (χ0n) is 14.4. The molecule has 0 saturated carbocycles. The van der Waals surface area contributed by atoms with Crippen LogP contribution in [0.25, 0.3) is 0 Å². The van der Waals surface area contributed by atoms with Gasteiger partial charge < -0.3 is 15.2 Å². The van der Waals surface area contributed by atoms with Crippen molar-refractivity contribution in [3.05, 3.63) is 60.2 Å². The van der Waals surface area contributed by atoms with Crippen LogP contribution in [0.15, 0.2) is 54.6 Å². The molecule has 1 unspecified atom stereocenters. The maximum Gasteiger partial charge on any atom is 0.341 e. The van der Waals surface area contributed by atoms with E-state index >= 15 is 0 Å². The maximum atomic E-state index is 12.7. The lowest BCUT2D eigenvalue weighted by Crippen LogP contribution is -2.28. The van der Waals surface area contributed by atoms with Crippen molar-refractivity contribution in [1.29, 1.82) is 0 Å².